The van der Waals surface area contributed by atoms with Crippen molar-refractivity contribution in [2.75, 3.05) is 12.9 Å². The lowest BCUT2D eigenvalue weighted by Crippen LogP contribution is -2.39. The normalized spacial score (nSPS) is 14.8. The smallest absolute Gasteiger partial charge is 0.408 e. The molecule has 0 aromatic rings. The van der Waals surface area contributed by atoms with Crippen molar-refractivity contribution in [1.82, 2.24) is 5.32 Å². The predicted molar refractivity (Wildman–Crippen MR) is 90.4 cm³/mol. The van der Waals surface area contributed by atoms with Crippen LogP contribution in [0.25, 0.3) is 0 Å². The van der Waals surface area contributed by atoms with Gasteiger partial charge in [0, 0.05) is 4.48 Å². The number of rotatable bonds is 7. The zero-order chi connectivity index (χ0) is 17.6. The maximum Gasteiger partial charge on any atom is 0.408 e. The minimum Gasteiger partial charge on any atom is -0.444 e. The van der Waals surface area contributed by atoms with Gasteiger partial charge in [0.1, 0.15) is 5.60 Å². The zero-order valence-corrected chi connectivity index (χ0v) is 16.4. The number of hydrogen-bond donors (Lipinski definition) is 1. The molecule has 0 fully saturated rings. The van der Waals surface area contributed by atoms with Crippen molar-refractivity contribution in [2.45, 2.75) is 52.7 Å². The first-order valence-corrected chi connectivity index (χ1v) is 9.59. The van der Waals surface area contributed by atoms with Gasteiger partial charge in [0.15, 0.2) is 0 Å². The predicted octanol–water partition coefficient (Wildman–Crippen LogP) is 3.18. The molecule has 0 saturated heterocycles. The Hall–Kier alpha value is -0.600. The molecule has 8 heteroatoms. The summed E-state index contributed by atoms with van der Waals surface area (Å²) in [6.45, 7) is 9.31. The molecular formula is C14H26BrNO5S. The molecule has 0 saturated carbocycles. The maximum atomic E-state index is 11.8. The van der Waals surface area contributed by atoms with E-state index in [-0.39, 0.29) is 12.6 Å². The van der Waals surface area contributed by atoms with Crippen molar-refractivity contribution in [3.05, 3.63) is 10.6 Å². The largest absolute Gasteiger partial charge is 0.444 e. The summed E-state index contributed by atoms with van der Waals surface area (Å²) in [5, 5.41) is 2.76. The molecule has 0 aromatic heterocycles. The molecule has 0 rings (SSSR count). The van der Waals surface area contributed by atoms with Crippen LogP contribution in [0.4, 0.5) is 4.79 Å². The van der Waals surface area contributed by atoms with Crippen LogP contribution in [0.3, 0.4) is 0 Å². The Morgan fingerprint density at radius 3 is 2.27 bits per heavy atom. The van der Waals surface area contributed by atoms with E-state index in [1.807, 2.05) is 13.8 Å². The number of alkyl carbamates (subject to hydrolysis) is 1. The molecule has 1 atom stereocenters. The van der Waals surface area contributed by atoms with Crippen LogP contribution in [0.5, 0.6) is 0 Å². The van der Waals surface area contributed by atoms with Gasteiger partial charge in [0.05, 0.1) is 18.9 Å². The number of nitrogens with one attached hydrogen (secondary N) is 1. The molecule has 0 radical (unpaired) electrons. The number of ether oxygens (including phenoxy) is 1. The third kappa shape index (κ3) is 13.1. The lowest BCUT2D eigenvalue weighted by atomic mass is 10.0. The summed E-state index contributed by atoms with van der Waals surface area (Å²) in [6, 6.07) is -0.285. The fraction of sp³-hybridized carbons (Fsp3) is 0.786. The van der Waals surface area contributed by atoms with Crippen LogP contribution in [0.1, 0.15) is 41.0 Å². The average Bonchev–Trinajstić information content (AvgIpc) is 2.21. The molecule has 1 N–H and O–H groups in total. The van der Waals surface area contributed by atoms with Crippen molar-refractivity contribution in [3.8, 4) is 0 Å². The van der Waals surface area contributed by atoms with E-state index in [9.17, 15) is 13.2 Å². The topological polar surface area (TPSA) is 81.7 Å². The first-order chi connectivity index (χ1) is 9.78. The van der Waals surface area contributed by atoms with Gasteiger partial charge in [-0.05, 0) is 39.2 Å². The van der Waals surface area contributed by atoms with Crippen LogP contribution >= 0.6 is 15.9 Å². The van der Waals surface area contributed by atoms with Crippen LogP contribution in [-0.4, -0.2) is 39.0 Å². The molecule has 0 spiro atoms. The molecule has 22 heavy (non-hydrogen) atoms. The Balaban J connectivity index is 4.79. The average molecular weight is 400 g/mol. The second-order valence-corrected chi connectivity index (χ2v) is 9.12. The van der Waals surface area contributed by atoms with E-state index in [0.29, 0.717) is 16.8 Å². The molecule has 130 valence electrons. The number of carbonyl (C=O) groups is 1. The van der Waals surface area contributed by atoms with Crippen LogP contribution < -0.4 is 5.32 Å². The highest BCUT2D eigenvalue weighted by Crippen LogP contribution is 2.14. The summed E-state index contributed by atoms with van der Waals surface area (Å²) in [4.78, 5) is 11.8. The van der Waals surface area contributed by atoms with E-state index in [1.54, 1.807) is 26.8 Å². The molecule has 0 aliphatic carbocycles. The van der Waals surface area contributed by atoms with Gasteiger partial charge in [-0.2, -0.15) is 8.42 Å². The molecule has 0 aliphatic heterocycles. The van der Waals surface area contributed by atoms with Crippen LogP contribution in [0.2, 0.25) is 0 Å². The number of halogens is 1. The zero-order valence-electron chi connectivity index (χ0n) is 14.0. The molecule has 0 heterocycles. The van der Waals surface area contributed by atoms with Crippen LogP contribution in [0.15, 0.2) is 10.6 Å². The van der Waals surface area contributed by atoms with Gasteiger partial charge in [-0.3, -0.25) is 4.18 Å². The quantitative estimate of drug-likeness (QED) is 0.664. The van der Waals surface area contributed by atoms with Crippen LogP contribution in [0, 0.1) is 5.92 Å². The van der Waals surface area contributed by atoms with Crippen LogP contribution in [-0.2, 0) is 19.0 Å². The Bertz CT molecular complexity index is 494. The lowest BCUT2D eigenvalue weighted by Gasteiger charge is -2.23. The summed E-state index contributed by atoms with van der Waals surface area (Å²) in [7, 11) is -3.51. The van der Waals surface area contributed by atoms with Gasteiger partial charge in [-0.25, -0.2) is 4.79 Å². The van der Waals surface area contributed by atoms with Crippen molar-refractivity contribution in [2.24, 2.45) is 5.92 Å². The third-order valence-electron chi connectivity index (χ3n) is 2.22. The van der Waals surface area contributed by atoms with E-state index in [2.05, 4.69) is 21.2 Å². The standard InChI is InChI=1S/C14H26BrNO5S/c1-10(2)7-12(16-13(17)21-14(3,4)5)8-11(15)9-20-22(6,18)19/h8,10,12H,7,9H2,1-6H3,(H,16,17)/b11-8-/t12-/m0/s1. The number of carbonyl (C=O) groups excluding carboxylic acids is 1. The van der Waals surface area contributed by atoms with E-state index < -0.39 is 21.8 Å². The minimum absolute atomic E-state index is 0.108. The van der Waals surface area contributed by atoms with Gasteiger partial charge in [-0.15, -0.1) is 0 Å². The Morgan fingerprint density at radius 2 is 1.86 bits per heavy atom. The van der Waals surface area contributed by atoms with Gasteiger partial charge < -0.3 is 10.1 Å². The van der Waals surface area contributed by atoms with Crippen molar-refractivity contribution >= 4 is 32.1 Å². The molecule has 0 aromatic carbocycles. The first kappa shape index (κ1) is 21.4. The molecule has 6 nitrogen and oxygen atoms in total. The second kappa shape index (κ2) is 8.88. The summed E-state index contributed by atoms with van der Waals surface area (Å²) >= 11 is 3.25. The fourth-order valence-corrected chi connectivity index (χ4v) is 2.49. The summed E-state index contributed by atoms with van der Waals surface area (Å²) in [5.74, 6) is 0.340. The molecular weight excluding hydrogens is 374 g/mol. The molecule has 0 unspecified atom stereocenters. The number of hydrogen-bond acceptors (Lipinski definition) is 5. The number of amides is 1. The highest BCUT2D eigenvalue weighted by molar-refractivity contribution is 9.11. The second-order valence-electron chi connectivity index (χ2n) is 6.46. The lowest BCUT2D eigenvalue weighted by molar-refractivity contribution is 0.0510. The van der Waals surface area contributed by atoms with Crippen molar-refractivity contribution in [1.29, 1.82) is 0 Å². The van der Waals surface area contributed by atoms with E-state index in [4.69, 9.17) is 8.92 Å². The molecule has 0 aliphatic rings. The van der Waals surface area contributed by atoms with E-state index in [1.165, 1.54) is 0 Å². The Morgan fingerprint density at radius 1 is 1.32 bits per heavy atom. The SMILES string of the molecule is CC(C)C[C@@H](/C=C(\Br)COS(C)(=O)=O)NC(=O)OC(C)(C)C. The maximum absolute atomic E-state index is 11.8. The monoisotopic (exact) mass is 399 g/mol. The Kier molecular flexibility index (Phi) is 8.64. The van der Waals surface area contributed by atoms with Crippen molar-refractivity contribution < 1.29 is 22.1 Å². The van der Waals surface area contributed by atoms with Gasteiger partial charge in [0.25, 0.3) is 10.1 Å². The van der Waals surface area contributed by atoms with Crippen molar-refractivity contribution in [3.63, 3.8) is 0 Å². The highest BCUT2D eigenvalue weighted by Gasteiger charge is 2.19. The fourth-order valence-electron chi connectivity index (χ4n) is 1.57. The molecule has 0 bridgehead atoms. The summed E-state index contributed by atoms with van der Waals surface area (Å²) in [5.41, 5.74) is -0.577. The highest BCUT2D eigenvalue weighted by atomic mass is 79.9. The molecule has 1 amide bonds. The Labute approximate surface area is 141 Å². The summed E-state index contributed by atoms with van der Waals surface area (Å²) in [6.07, 6.45) is 2.87. The van der Waals surface area contributed by atoms with E-state index in [0.717, 1.165) is 6.26 Å². The van der Waals surface area contributed by atoms with E-state index >= 15 is 0 Å². The van der Waals surface area contributed by atoms with Gasteiger partial charge >= 0.3 is 6.09 Å². The van der Waals surface area contributed by atoms with Gasteiger partial charge in [-0.1, -0.05) is 29.8 Å². The summed E-state index contributed by atoms with van der Waals surface area (Å²) < 4.78 is 32.4. The third-order valence-corrected chi connectivity index (χ3v) is 3.26. The first-order valence-electron chi connectivity index (χ1n) is 6.98. The van der Waals surface area contributed by atoms with Gasteiger partial charge in [0.2, 0.25) is 0 Å². The minimum atomic E-state index is -3.51.